The van der Waals surface area contributed by atoms with E-state index in [0.29, 0.717) is 0 Å². The molecule has 0 aliphatic carbocycles. The summed E-state index contributed by atoms with van der Waals surface area (Å²) in [6, 6.07) is 1.93. The zero-order valence-electron chi connectivity index (χ0n) is 5.83. The van der Waals surface area contributed by atoms with Crippen LogP contribution in [-0.4, -0.2) is 4.98 Å². The Morgan fingerprint density at radius 2 is 2.44 bits per heavy atom. The molecule has 0 aliphatic rings. The van der Waals surface area contributed by atoms with Crippen molar-refractivity contribution in [3.05, 3.63) is 24.3 Å². The van der Waals surface area contributed by atoms with Gasteiger partial charge in [0.2, 0.25) is 0 Å². The second kappa shape index (κ2) is 2.58. The molecule has 0 fully saturated rings. The Morgan fingerprint density at radius 1 is 1.67 bits per heavy atom. The summed E-state index contributed by atoms with van der Waals surface area (Å²) in [7, 11) is 2.01. The molecular formula is C7H11N2+. The summed E-state index contributed by atoms with van der Waals surface area (Å²) in [5, 5.41) is 0. The Kier molecular flexibility index (Phi) is 1.78. The summed E-state index contributed by atoms with van der Waals surface area (Å²) in [5.41, 5.74) is 0. The van der Waals surface area contributed by atoms with Gasteiger partial charge in [-0.1, -0.05) is 11.9 Å². The Morgan fingerprint density at radius 3 is 2.89 bits per heavy atom. The van der Waals surface area contributed by atoms with Crippen LogP contribution in [0, 0.1) is 0 Å². The van der Waals surface area contributed by atoms with Crippen molar-refractivity contribution in [2.75, 3.05) is 0 Å². The van der Waals surface area contributed by atoms with Gasteiger partial charge < -0.3 is 0 Å². The van der Waals surface area contributed by atoms with E-state index < -0.39 is 0 Å². The normalized spacial score (nSPS) is 9.56. The lowest BCUT2D eigenvalue weighted by molar-refractivity contribution is -0.682. The molecule has 1 rings (SSSR count). The lowest BCUT2D eigenvalue weighted by atomic mass is 10.4. The van der Waals surface area contributed by atoms with Crippen LogP contribution in [0.4, 0.5) is 0 Å². The van der Waals surface area contributed by atoms with Gasteiger partial charge >= 0.3 is 0 Å². The van der Waals surface area contributed by atoms with Crippen LogP contribution in [0.3, 0.4) is 0 Å². The van der Waals surface area contributed by atoms with Gasteiger partial charge in [0.25, 0.3) is 5.82 Å². The molecule has 0 spiro atoms. The van der Waals surface area contributed by atoms with Crippen molar-refractivity contribution in [3.8, 4) is 0 Å². The van der Waals surface area contributed by atoms with E-state index >= 15 is 0 Å². The summed E-state index contributed by atoms with van der Waals surface area (Å²) >= 11 is 0. The lowest BCUT2D eigenvalue weighted by Crippen LogP contribution is -2.33. The minimum Gasteiger partial charge on any atom is -0.237 e. The fourth-order valence-corrected chi connectivity index (χ4v) is 0.814. The Bertz CT molecular complexity index is 196. The van der Waals surface area contributed by atoms with Crippen molar-refractivity contribution in [2.45, 2.75) is 13.3 Å². The molecule has 2 nitrogen and oxygen atoms in total. The largest absolute Gasteiger partial charge is 0.297 e. The highest BCUT2D eigenvalue weighted by atomic mass is 15.0. The molecule has 1 aromatic rings. The van der Waals surface area contributed by atoms with Gasteiger partial charge in [-0.05, 0) is 0 Å². The molecule has 0 bridgehead atoms. The van der Waals surface area contributed by atoms with Gasteiger partial charge in [-0.15, -0.1) is 0 Å². The molecule has 0 aromatic carbocycles. The molecule has 1 aromatic heterocycles. The van der Waals surface area contributed by atoms with Crippen molar-refractivity contribution in [2.24, 2.45) is 7.05 Å². The summed E-state index contributed by atoms with van der Waals surface area (Å²) in [4.78, 5) is 4.16. The van der Waals surface area contributed by atoms with Gasteiger partial charge in [0.1, 0.15) is 6.20 Å². The van der Waals surface area contributed by atoms with Crippen LogP contribution in [0.1, 0.15) is 12.7 Å². The number of rotatable bonds is 1. The number of hydrogen-bond donors (Lipinski definition) is 0. The minimum atomic E-state index is 0.997. The van der Waals surface area contributed by atoms with E-state index in [1.165, 1.54) is 0 Å². The van der Waals surface area contributed by atoms with Crippen LogP contribution in [0.5, 0.6) is 0 Å². The number of aryl methyl sites for hydroxylation is 2. The number of aromatic nitrogens is 2. The average molecular weight is 123 g/mol. The third-order valence-corrected chi connectivity index (χ3v) is 1.34. The van der Waals surface area contributed by atoms with Crippen molar-refractivity contribution in [1.82, 2.24) is 4.98 Å². The Labute approximate surface area is 55.2 Å². The van der Waals surface area contributed by atoms with Crippen LogP contribution in [0.2, 0.25) is 0 Å². The third kappa shape index (κ3) is 1.25. The van der Waals surface area contributed by atoms with Crippen molar-refractivity contribution < 1.29 is 4.57 Å². The molecule has 0 unspecified atom stereocenters. The topological polar surface area (TPSA) is 16.8 Å². The zero-order valence-corrected chi connectivity index (χ0v) is 5.83. The number of hydrogen-bond acceptors (Lipinski definition) is 1. The fraction of sp³-hybridized carbons (Fsp3) is 0.429. The smallest absolute Gasteiger partial charge is 0.237 e. The highest BCUT2D eigenvalue weighted by molar-refractivity contribution is 4.78. The maximum Gasteiger partial charge on any atom is 0.297 e. The van der Waals surface area contributed by atoms with Gasteiger partial charge in [-0.3, -0.25) is 0 Å². The first-order valence-corrected chi connectivity index (χ1v) is 3.14. The predicted molar refractivity (Wildman–Crippen MR) is 34.8 cm³/mol. The molecule has 2 heteroatoms. The van der Waals surface area contributed by atoms with Gasteiger partial charge in [-0.25, -0.2) is 4.57 Å². The monoisotopic (exact) mass is 123 g/mol. The van der Waals surface area contributed by atoms with Crippen molar-refractivity contribution >= 4 is 0 Å². The molecule has 0 aliphatic heterocycles. The third-order valence-electron chi connectivity index (χ3n) is 1.34. The van der Waals surface area contributed by atoms with Gasteiger partial charge in [0, 0.05) is 6.07 Å². The highest BCUT2D eigenvalue weighted by Crippen LogP contribution is 1.82. The zero-order chi connectivity index (χ0) is 6.69. The van der Waals surface area contributed by atoms with Crippen LogP contribution in [-0.2, 0) is 13.5 Å². The van der Waals surface area contributed by atoms with Crippen LogP contribution < -0.4 is 4.57 Å². The molecule has 0 saturated carbocycles. The molecule has 0 radical (unpaired) electrons. The second-order valence-corrected chi connectivity index (χ2v) is 2.00. The van der Waals surface area contributed by atoms with Crippen molar-refractivity contribution in [3.63, 3.8) is 0 Å². The van der Waals surface area contributed by atoms with E-state index in [9.17, 15) is 0 Å². The van der Waals surface area contributed by atoms with Crippen molar-refractivity contribution in [1.29, 1.82) is 0 Å². The molecule has 0 amide bonds. The molecule has 0 N–H and O–H groups in total. The Balaban J connectivity index is 3.01. The van der Waals surface area contributed by atoms with Gasteiger partial charge in [0.15, 0.2) is 0 Å². The van der Waals surface area contributed by atoms with E-state index in [2.05, 4.69) is 11.9 Å². The molecule has 9 heavy (non-hydrogen) atoms. The van der Waals surface area contributed by atoms with Gasteiger partial charge in [0.05, 0.1) is 19.7 Å². The quantitative estimate of drug-likeness (QED) is 0.496. The molecule has 1 heterocycles. The molecular weight excluding hydrogens is 112 g/mol. The first-order chi connectivity index (χ1) is 4.34. The summed E-state index contributed by atoms with van der Waals surface area (Å²) in [6.07, 6.45) is 4.82. The van der Waals surface area contributed by atoms with E-state index in [1.807, 2.05) is 30.1 Å². The predicted octanol–water partition coefficient (Wildman–Crippen LogP) is 0.469. The first-order valence-electron chi connectivity index (χ1n) is 3.14. The molecule has 0 atom stereocenters. The average Bonchev–Trinajstić information content (AvgIpc) is 1.89. The summed E-state index contributed by atoms with van der Waals surface area (Å²) < 4.78 is 2.03. The van der Waals surface area contributed by atoms with E-state index in [1.54, 1.807) is 0 Å². The second-order valence-electron chi connectivity index (χ2n) is 2.00. The van der Waals surface area contributed by atoms with Crippen LogP contribution in [0.25, 0.3) is 0 Å². The van der Waals surface area contributed by atoms with Crippen LogP contribution in [0.15, 0.2) is 18.5 Å². The van der Waals surface area contributed by atoms with Gasteiger partial charge in [-0.2, -0.15) is 0 Å². The maximum absolute atomic E-state index is 4.16. The maximum atomic E-state index is 4.16. The Hall–Kier alpha value is -0.920. The molecule has 48 valence electrons. The van der Waals surface area contributed by atoms with E-state index in [0.717, 1.165) is 12.2 Å². The van der Waals surface area contributed by atoms with E-state index in [4.69, 9.17) is 0 Å². The first kappa shape index (κ1) is 6.20. The number of nitrogens with zero attached hydrogens (tertiary/aromatic N) is 2. The fourth-order valence-electron chi connectivity index (χ4n) is 0.814. The minimum absolute atomic E-state index is 0.997. The standard InChI is InChI=1S/C7H11N2/c1-3-7-8-5-4-6-9(7)2/h4-6H,3H2,1-2H3/q+1. The SMILES string of the molecule is CCc1nccc[n+]1C. The van der Waals surface area contributed by atoms with E-state index in [-0.39, 0.29) is 0 Å². The molecule has 0 saturated heterocycles. The lowest BCUT2D eigenvalue weighted by Gasteiger charge is -1.90. The summed E-state index contributed by atoms with van der Waals surface area (Å²) in [6.45, 7) is 2.10. The van der Waals surface area contributed by atoms with Crippen LogP contribution >= 0.6 is 0 Å². The summed E-state index contributed by atoms with van der Waals surface area (Å²) in [5.74, 6) is 1.12. The highest BCUT2D eigenvalue weighted by Gasteiger charge is 2.00.